The molecular formula is C11H10Br2N4O3. The van der Waals surface area contributed by atoms with E-state index in [0.717, 1.165) is 9.08 Å². The number of aromatic nitrogens is 1. The number of amides is 4. The van der Waals surface area contributed by atoms with Crippen molar-refractivity contribution in [3.8, 4) is 0 Å². The van der Waals surface area contributed by atoms with Gasteiger partial charge in [0.2, 0.25) is 0 Å². The molecule has 1 fully saturated rings. The van der Waals surface area contributed by atoms with Crippen molar-refractivity contribution in [2.75, 3.05) is 6.54 Å². The van der Waals surface area contributed by atoms with Crippen molar-refractivity contribution in [3.63, 3.8) is 0 Å². The van der Waals surface area contributed by atoms with Crippen LogP contribution in [0.5, 0.6) is 0 Å². The molecule has 3 rings (SSSR count). The average molecular weight is 406 g/mol. The smallest absolute Gasteiger partial charge is 0.322 e. The molecule has 20 heavy (non-hydrogen) atoms. The van der Waals surface area contributed by atoms with Crippen LogP contribution in [0.15, 0.2) is 15.1 Å². The van der Waals surface area contributed by atoms with Crippen LogP contribution in [0.4, 0.5) is 4.79 Å². The van der Waals surface area contributed by atoms with Crippen molar-refractivity contribution < 1.29 is 14.4 Å². The Balaban J connectivity index is 1.89. The van der Waals surface area contributed by atoms with E-state index in [1.165, 1.54) is 0 Å². The lowest BCUT2D eigenvalue weighted by Crippen LogP contribution is -2.42. The summed E-state index contributed by atoms with van der Waals surface area (Å²) in [6.07, 6.45) is 0.407. The van der Waals surface area contributed by atoms with Gasteiger partial charge in [-0.15, -0.1) is 0 Å². The minimum atomic E-state index is -0.580. The number of nitrogens with zero attached hydrogens (tertiary/aromatic N) is 1. The summed E-state index contributed by atoms with van der Waals surface area (Å²) in [5.74, 6) is -0.497. The maximum atomic E-state index is 11.8. The van der Waals surface area contributed by atoms with Gasteiger partial charge in [-0.3, -0.25) is 14.9 Å². The Morgan fingerprint density at radius 1 is 1.30 bits per heavy atom. The van der Waals surface area contributed by atoms with Crippen LogP contribution in [-0.2, 0) is 4.79 Å². The van der Waals surface area contributed by atoms with Crippen LogP contribution < -0.4 is 16.0 Å². The van der Waals surface area contributed by atoms with E-state index in [1.54, 1.807) is 6.07 Å². The standard InChI is InChI=1S/C11H10Br2N4O3/c12-5-2-7-10(19)14-3-4(17(7)8(5)13)1-6-9(18)16-11(20)15-6/h2,4,6H,1,3H2,(H,14,19)(H2,15,16,18,20)/t4-,6?/m0/s1. The molecule has 0 aliphatic carbocycles. The first-order chi connectivity index (χ1) is 9.47. The van der Waals surface area contributed by atoms with Gasteiger partial charge in [0.25, 0.3) is 11.8 Å². The first-order valence-corrected chi connectivity index (χ1v) is 7.51. The minimum absolute atomic E-state index is 0.113. The highest BCUT2D eigenvalue weighted by atomic mass is 79.9. The molecule has 7 nitrogen and oxygen atoms in total. The molecule has 3 N–H and O–H groups in total. The second-order valence-corrected chi connectivity index (χ2v) is 6.26. The lowest BCUT2D eigenvalue weighted by molar-refractivity contribution is -0.120. The van der Waals surface area contributed by atoms with Gasteiger partial charge in [-0.05, 0) is 44.3 Å². The van der Waals surface area contributed by atoms with Gasteiger partial charge in [0.05, 0.1) is 15.1 Å². The van der Waals surface area contributed by atoms with E-state index in [9.17, 15) is 14.4 Å². The summed E-state index contributed by atoms with van der Waals surface area (Å²) in [4.78, 5) is 34.6. The molecule has 1 aromatic rings. The molecule has 1 aromatic heterocycles. The van der Waals surface area contributed by atoms with Gasteiger partial charge in [-0.1, -0.05) is 0 Å². The van der Waals surface area contributed by atoms with E-state index >= 15 is 0 Å². The molecule has 0 radical (unpaired) electrons. The Morgan fingerprint density at radius 3 is 2.70 bits per heavy atom. The summed E-state index contributed by atoms with van der Waals surface area (Å²) < 4.78 is 3.35. The Bertz CT molecular complexity index is 627. The second kappa shape index (κ2) is 4.88. The topological polar surface area (TPSA) is 92.2 Å². The molecule has 0 bridgehead atoms. The summed E-state index contributed by atoms with van der Waals surface area (Å²) in [7, 11) is 0. The number of hydrogen-bond acceptors (Lipinski definition) is 3. The largest absolute Gasteiger partial charge is 0.349 e. The average Bonchev–Trinajstić information content (AvgIpc) is 2.86. The highest BCUT2D eigenvalue weighted by molar-refractivity contribution is 9.13. The third-order valence-corrected chi connectivity index (χ3v) is 5.34. The summed E-state index contributed by atoms with van der Waals surface area (Å²) in [6, 6.07) is 0.549. The van der Waals surface area contributed by atoms with Crippen LogP contribution >= 0.6 is 31.9 Å². The summed E-state index contributed by atoms with van der Waals surface area (Å²) in [5.41, 5.74) is 0.518. The fraction of sp³-hybridized carbons (Fsp3) is 0.364. The van der Waals surface area contributed by atoms with Gasteiger partial charge in [0, 0.05) is 6.54 Å². The van der Waals surface area contributed by atoms with Gasteiger partial charge in [0.15, 0.2) is 0 Å². The molecule has 9 heteroatoms. The number of hydrogen-bond donors (Lipinski definition) is 3. The van der Waals surface area contributed by atoms with Crippen molar-refractivity contribution >= 4 is 49.7 Å². The van der Waals surface area contributed by atoms with Crippen molar-refractivity contribution in [2.45, 2.75) is 18.5 Å². The van der Waals surface area contributed by atoms with Crippen LogP contribution in [-0.4, -0.2) is 35.0 Å². The van der Waals surface area contributed by atoms with Crippen molar-refractivity contribution in [1.82, 2.24) is 20.5 Å². The number of carbonyl (C=O) groups excluding carboxylic acids is 3. The molecule has 0 saturated carbocycles. The number of imide groups is 1. The molecule has 4 amide bonds. The minimum Gasteiger partial charge on any atom is -0.349 e. The monoisotopic (exact) mass is 404 g/mol. The Kier molecular flexibility index (Phi) is 3.33. The van der Waals surface area contributed by atoms with Crippen LogP contribution in [0.3, 0.4) is 0 Å². The lowest BCUT2D eigenvalue weighted by atomic mass is 10.1. The van der Waals surface area contributed by atoms with Crippen LogP contribution in [0, 0.1) is 0 Å². The Morgan fingerprint density at radius 2 is 2.05 bits per heavy atom. The van der Waals surface area contributed by atoms with Crippen LogP contribution in [0.1, 0.15) is 23.0 Å². The molecule has 0 aromatic carbocycles. The fourth-order valence-corrected chi connectivity index (χ4v) is 3.48. The van der Waals surface area contributed by atoms with E-state index in [2.05, 4.69) is 47.8 Å². The molecule has 1 saturated heterocycles. The number of nitrogens with one attached hydrogen (secondary N) is 3. The molecule has 106 valence electrons. The molecule has 1 unspecified atom stereocenters. The lowest BCUT2D eigenvalue weighted by Gasteiger charge is -2.28. The first-order valence-electron chi connectivity index (χ1n) is 5.93. The Labute approximate surface area is 130 Å². The summed E-state index contributed by atoms with van der Waals surface area (Å²) in [6.45, 7) is 0.408. The first kappa shape index (κ1) is 13.6. The fourth-order valence-electron chi connectivity index (χ4n) is 2.48. The third kappa shape index (κ3) is 2.14. The zero-order valence-corrected chi connectivity index (χ0v) is 13.2. The SMILES string of the molecule is O=C1NC(=O)C(C[C@H]2CNC(=O)c3cc(Br)c(Br)n32)N1. The van der Waals surface area contributed by atoms with E-state index in [1.807, 2.05) is 4.57 Å². The Hall–Kier alpha value is -1.35. The van der Waals surface area contributed by atoms with Crippen molar-refractivity contribution in [1.29, 1.82) is 0 Å². The molecular weight excluding hydrogens is 396 g/mol. The number of fused-ring (bicyclic) bond motifs is 1. The van der Waals surface area contributed by atoms with Gasteiger partial charge in [0.1, 0.15) is 11.7 Å². The van der Waals surface area contributed by atoms with E-state index in [0.29, 0.717) is 18.7 Å². The highest BCUT2D eigenvalue weighted by Crippen LogP contribution is 2.34. The number of urea groups is 1. The number of halogens is 2. The number of carbonyl (C=O) groups is 3. The van der Waals surface area contributed by atoms with Gasteiger partial charge < -0.3 is 15.2 Å². The zero-order chi connectivity index (χ0) is 14.4. The predicted molar refractivity (Wildman–Crippen MR) is 76.3 cm³/mol. The molecule has 2 aliphatic rings. The summed E-state index contributed by atoms with van der Waals surface area (Å²) >= 11 is 6.80. The van der Waals surface area contributed by atoms with Gasteiger partial charge in [-0.2, -0.15) is 0 Å². The molecule has 2 aliphatic heterocycles. The van der Waals surface area contributed by atoms with Gasteiger partial charge >= 0.3 is 6.03 Å². The molecule has 0 spiro atoms. The van der Waals surface area contributed by atoms with Crippen molar-refractivity contribution in [2.24, 2.45) is 0 Å². The quantitative estimate of drug-likeness (QED) is 0.638. The third-order valence-electron chi connectivity index (χ3n) is 3.39. The van der Waals surface area contributed by atoms with Gasteiger partial charge in [-0.25, -0.2) is 4.79 Å². The predicted octanol–water partition coefficient (Wildman–Crippen LogP) is 0.896. The highest BCUT2D eigenvalue weighted by Gasteiger charge is 2.35. The zero-order valence-electron chi connectivity index (χ0n) is 10.1. The molecule has 3 heterocycles. The normalized spacial score (nSPS) is 25.0. The number of rotatable bonds is 2. The van der Waals surface area contributed by atoms with E-state index in [4.69, 9.17) is 0 Å². The maximum absolute atomic E-state index is 11.8. The van der Waals surface area contributed by atoms with Crippen LogP contribution in [0.25, 0.3) is 0 Å². The second-order valence-electron chi connectivity index (χ2n) is 4.65. The van der Waals surface area contributed by atoms with E-state index in [-0.39, 0.29) is 17.9 Å². The van der Waals surface area contributed by atoms with Crippen LogP contribution in [0.2, 0.25) is 0 Å². The summed E-state index contributed by atoms with van der Waals surface area (Å²) in [5, 5.41) is 7.55. The van der Waals surface area contributed by atoms with Crippen molar-refractivity contribution in [3.05, 3.63) is 20.8 Å². The maximum Gasteiger partial charge on any atom is 0.322 e. The van der Waals surface area contributed by atoms with E-state index < -0.39 is 12.1 Å². The molecule has 2 atom stereocenters.